The predicted molar refractivity (Wildman–Crippen MR) is 144 cm³/mol. The minimum Gasteiger partial charge on any atom is -0.480 e. The molecule has 0 saturated heterocycles. The maximum absolute atomic E-state index is 15.4. The predicted octanol–water partition coefficient (Wildman–Crippen LogP) is 4.69. The summed E-state index contributed by atoms with van der Waals surface area (Å²) in [6.45, 7) is 0.878. The lowest BCUT2D eigenvalue weighted by Gasteiger charge is -2.35. The van der Waals surface area contributed by atoms with Gasteiger partial charge in [-0.1, -0.05) is 72.8 Å². The third kappa shape index (κ3) is 5.73. The van der Waals surface area contributed by atoms with Gasteiger partial charge in [-0.25, -0.2) is 4.39 Å². The number of hydrogen-bond donors (Lipinski definition) is 3. The molecule has 1 fully saturated rings. The lowest BCUT2D eigenvalue weighted by Crippen LogP contribution is -2.47. The first-order valence-corrected chi connectivity index (χ1v) is 12.9. The molecule has 0 aliphatic heterocycles. The van der Waals surface area contributed by atoms with Gasteiger partial charge in [-0.15, -0.1) is 0 Å². The quantitative estimate of drug-likeness (QED) is 0.280. The number of carbonyl (C=O) groups excluding carboxylic acids is 1. The molecule has 3 N–H and O–H groups in total. The number of carboxylic acids is 3. The van der Waals surface area contributed by atoms with Crippen molar-refractivity contribution in [3.63, 3.8) is 0 Å². The van der Waals surface area contributed by atoms with Crippen molar-refractivity contribution in [3.8, 4) is 11.1 Å². The van der Waals surface area contributed by atoms with E-state index in [0.717, 1.165) is 10.5 Å². The van der Waals surface area contributed by atoms with Gasteiger partial charge in [-0.3, -0.25) is 19.2 Å². The van der Waals surface area contributed by atoms with Crippen LogP contribution < -0.4 is 0 Å². The fraction of sp³-hybridized carbons (Fsp3) is 0.290. The molecule has 208 valence electrons. The second kappa shape index (κ2) is 11.7. The van der Waals surface area contributed by atoms with E-state index in [9.17, 15) is 34.5 Å². The molecule has 8 nitrogen and oxygen atoms in total. The van der Waals surface area contributed by atoms with Crippen molar-refractivity contribution in [2.24, 2.45) is 11.3 Å². The lowest BCUT2D eigenvalue weighted by molar-refractivity contribution is -0.160. The van der Waals surface area contributed by atoms with Crippen LogP contribution in [0.5, 0.6) is 0 Å². The average molecular weight is 548 g/mol. The Morgan fingerprint density at radius 1 is 0.925 bits per heavy atom. The number of halogens is 1. The molecule has 3 aromatic rings. The molecule has 1 saturated carbocycles. The van der Waals surface area contributed by atoms with Crippen molar-refractivity contribution < 1.29 is 38.9 Å². The number of carboxylic acid groups (broad SMARTS) is 3. The van der Waals surface area contributed by atoms with Crippen LogP contribution in [-0.2, 0) is 25.6 Å². The fourth-order valence-corrected chi connectivity index (χ4v) is 5.38. The van der Waals surface area contributed by atoms with E-state index >= 15 is 4.39 Å². The van der Waals surface area contributed by atoms with Crippen LogP contribution in [0.25, 0.3) is 11.1 Å². The van der Waals surface area contributed by atoms with Crippen LogP contribution in [0.2, 0.25) is 0 Å². The van der Waals surface area contributed by atoms with Crippen LogP contribution in [0.4, 0.5) is 4.39 Å². The summed E-state index contributed by atoms with van der Waals surface area (Å²) < 4.78 is 15.4. The van der Waals surface area contributed by atoms with E-state index in [1.807, 2.05) is 36.4 Å². The first kappa shape index (κ1) is 28.5. The summed E-state index contributed by atoms with van der Waals surface area (Å²) in [5, 5.41) is 28.7. The van der Waals surface area contributed by atoms with Gasteiger partial charge in [-0.05, 0) is 48.9 Å². The molecule has 1 unspecified atom stereocenters. The molecule has 0 aromatic heterocycles. The van der Waals surface area contributed by atoms with E-state index in [2.05, 4.69) is 0 Å². The zero-order chi connectivity index (χ0) is 29.0. The maximum atomic E-state index is 15.4. The largest absolute Gasteiger partial charge is 0.480 e. The number of nitrogens with zero attached hydrogens (tertiary/aromatic N) is 1. The third-order valence-electron chi connectivity index (χ3n) is 7.78. The fourth-order valence-electron chi connectivity index (χ4n) is 5.38. The Morgan fingerprint density at radius 2 is 1.52 bits per heavy atom. The van der Waals surface area contributed by atoms with Crippen LogP contribution in [0.15, 0.2) is 78.9 Å². The average Bonchev–Trinajstić information content (AvgIpc) is 3.70. The number of benzene rings is 3. The summed E-state index contributed by atoms with van der Waals surface area (Å²) in [4.78, 5) is 49.8. The number of carbonyl (C=O) groups is 4. The highest BCUT2D eigenvalue weighted by atomic mass is 19.1. The summed E-state index contributed by atoms with van der Waals surface area (Å²) in [5.41, 5.74) is 0.340. The molecular weight excluding hydrogens is 517 g/mol. The van der Waals surface area contributed by atoms with Crippen molar-refractivity contribution in [2.45, 2.75) is 38.1 Å². The standard InChI is InChI=1S/C31H30FNO7/c1-19(33(18-27(34)35)28(36)25-17-31(25,29(37)38)30(39)40)23(14-12-20-8-4-2-5-9-20)22-13-15-24(26(32)16-22)21-10-6-3-7-11-21/h2-11,13,15-16,19,23,25H,12,14,17-18H2,1H3,(H,34,35)(H,37,38)(H,39,40)/t19-,23+,25?/m1/s1. The van der Waals surface area contributed by atoms with Gasteiger partial charge in [0.15, 0.2) is 5.41 Å². The van der Waals surface area contributed by atoms with Gasteiger partial charge in [0.25, 0.3) is 0 Å². The Hall–Kier alpha value is -4.53. The zero-order valence-corrected chi connectivity index (χ0v) is 21.9. The van der Waals surface area contributed by atoms with E-state index in [4.69, 9.17) is 0 Å². The lowest BCUT2D eigenvalue weighted by atomic mass is 9.85. The zero-order valence-electron chi connectivity index (χ0n) is 21.9. The monoisotopic (exact) mass is 547 g/mol. The number of aliphatic carboxylic acids is 3. The van der Waals surface area contributed by atoms with Crippen LogP contribution >= 0.6 is 0 Å². The molecule has 9 heteroatoms. The highest BCUT2D eigenvalue weighted by molar-refractivity contribution is 6.08. The van der Waals surface area contributed by atoms with E-state index in [0.29, 0.717) is 29.5 Å². The summed E-state index contributed by atoms with van der Waals surface area (Å²) >= 11 is 0. The Bertz CT molecular complexity index is 1400. The van der Waals surface area contributed by atoms with Crippen LogP contribution in [0.3, 0.4) is 0 Å². The van der Waals surface area contributed by atoms with Gasteiger partial charge < -0.3 is 20.2 Å². The highest BCUT2D eigenvalue weighted by Crippen LogP contribution is 2.54. The van der Waals surface area contributed by atoms with E-state index < -0.39 is 65.9 Å². The highest BCUT2D eigenvalue weighted by Gasteiger charge is 2.71. The minimum atomic E-state index is -2.28. The Labute approximate surface area is 230 Å². The van der Waals surface area contributed by atoms with Gasteiger partial charge in [0, 0.05) is 17.5 Å². The van der Waals surface area contributed by atoms with Gasteiger partial charge in [0.1, 0.15) is 12.4 Å². The first-order valence-electron chi connectivity index (χ1n) is 12.9. The molecule has 4 rings (SSSR count). The van der Waals surface area contributed by atoms with E-state index in [-0.39, 0.29) is 0 Å². The smallest absolute Gasteiger partial charge is 0.323 e. The second-order valence-corrected chi connectivity index (χ2v) is 10.2. The number of rotatable bonds is 12. The summed E-state index contributed by atoms with van der Waals surface area (Å²) in [5.74, 6) is -7.87. The van der Waals surface area contributed by atoms with Crippen LogP contribution in [0, 0.1) is 17.2 Å². The van der Waals surface area contributed by atoms with Crippen molar-refractivity contribution in [3.05, 3.63) is 95.8 Å². The number of aryl methyl sites for hydroxylation is 1. The third-order valence-corrected chi connectivity index (χ3v) is 7.78. The van der Waals surface area contributed by atoms with Crippen molar-refractivity contribution in [1.29, 1.82) is 0 Å². The first-order chi connectivity index (χ1) is 19.1. The maximum Gasteiger partial charge on any atom is 0.323 e. The number of hydrogen-bond acceptors (Lipinski definition) is 4. The summed E-state index contributed by atoms with van der Waals surface area (Å²) in [6, 6.07) is 22.5. The van der Waals surface area contributed by atoms with Gasteiger partial charge in [0.2, 0.25) is 5.91 Å². The van der Waals surface area contributed by atoms with Gasteiger partial charge >= 0.3 is 17.9 Å². The molecule has 1 aliphatic carbocycles. The number of amides is 1. The Balaban J connectivity index is 1.70. The summed E-state index contributed by atoms with van der Waals surface area (Å²) in [7, 11) is 0. The van der Waals surface area contributed by atoms with Crippen molar-refractivity contribution >= 4 is 23.8 Å². The van der Waals surface area contributed by atoms with E-state index in [1.54, 1.807) is 43.3 Å². The Kier molecular flexibility index (Phi) is 8.32. The Morgan fingerprint density at radius 3 is 2.05 bits per heavy atom. The molecular formula is C31H30FNO7. The molecule has 3 atom stereocenters. The van der Waals surface area contributed by atoms with Crippen molar-refractivity contribution in [1.82, 2.24) is 4.90 Å². The normalized spacial score (nSPS) is 16.9. The molecule has 0 bridgehead atoms. The SMILES string of the molecule is C[C@H]([C@H](CCc1ccccc1)c1ccc(-c2ccccc2)c(F)c1)N(CC(=O)O)C(=O)C1CC1(C(=O)O)C(=O)O. The van der Waals surface area contributed by atoms with Crippen LogP contribution in [0.1, 0.15) is 36.8 Å². The van der Waals surface area contributed by atoms with Crippen molar-refractivity contribution in [2.75, 3.05) is 6.54 Å². The van der Waals surface area contributed by atoms with Gasteiger partial charge in [-0.2, -0.15) is 0 Å². The molecule has 1 amide bonds. The van der Waals surface area contributed by atoms with Crippen LogP contribution in [-0.4, -0.2) is 56.6 Å². The minimum absolute atomic E-state index is 0.392. The topological polar surface area (TPSA) is 132 Å². The molecule has 40 heavy (non-hydrogen) atoms. The second-order valence-electron chi connectivity index (χ2n) is 10.2. The summed E-state index contributed by atoms with van der Waals surface area (Å²) in [6.07, 6.45) is 0.547. The molecule has 0 heterocycles. The molecule has 1 aliphatic rings. The molecule has 0 spiro atoms. The van der Waals surface area contributed by atoms with Gasteiger partial charge in [0.05, 0.1) is 5.92 Å². The molecule has 0 radical (unpaired) electrons. The molecule has 3 aromatic carbocycles. The van der Waals surface area contributed by atoms with E-state index in [1.165, 1.54) is 6.07 Å².